The Kier molecular flexibility index (Phi) is 45.2. The Hall–Kier alpha value is -2.70. The van der Waals surface area contributed by atoms with Crippen molar-refractivity contribution in [2.24, 2.45) is 0 Å². The third kappa shape index (κ3) is 42.0. The van der Waals surface area contributed by atoms with Crippen molar-refractivity contribution in [3.63, 3.8) is 0 Å². The first kappa shape index (κ1) is 57.3. The van der Waals surface area contributed by atoms with Crippen molar-refractivity contribution >= 4 is 11.9 Å². The molecule has 0 radical (unpaired) electrons. The molecule has 0 rings (SSSR count). The number of allylic oxidation sites excluding steroid dienone is 12. The van der Waals surface area contributed by atoms with Crippen LogP contribution in [0.4, 0.5) is 0 Å². The number of hydrogen-bond donors (Lipinski definition) is 3. The summed E-state index contributed by atoms with van der Waals surface area (Å²) < 4.78 is 5.89. The van der Waals surface area contributed by atoms with Crippen LogP contribution in [0.15, 0.2) is 72.9 Å². The summed E-state index contributed by atoms with van der Waals surface area (Å²) in [7, 11) is 0. The normalized spacial score (nSPS) is 13.9. The predicted octanol–water partition coefficient (Wildman–Crippen LogP) is 15.0. The Morgan fingerprint density at radius 2 is 0.917 bits per heavy atom. The Morgan fingerprint density at radius 1 is 0.500 bits per heavy atom. The van der Waals surface area contributed by atoms with Gasteiger partial charge in [-0.2, -0.15) is 0 Å². The lowest BCUT2D eigenvalue weighted by Gasteiger charge is -2.24. The fourth-order valence-corrected chi connectivity index (χ4v) is 7.22. The van der Waals surface area contributed by atoms with Crippen LogP contribution in [0.5, 0.6) is 0 Å². The van der Waals surface area contributed by atoms with Crippen LogP contribution in [-0.4, -0.2) is 46.9 Å². The van der Waals surface area contributed by atoms with Crippen LogP contribution in [0, 0.1) is 0 Å². The van der Waals surface area contributed by atoms with E-state index in [1.54, 1.807) is 0 Å². The van der Waals surface area contributed by atoms with Crippen LogP contribution >= 0.6 is 0 Å². The zero-order valence-corrected chi connectivity index (χ0v) is 39.3. The summed E-state index contributed by atoms with van der Waals surface area (Å²) in [6, 6.07) is -0.718. The van der Waals surface area contributed by atoms with E-state index in [9.17, 15) is 19.8 Å². The molecule has 0 aromatic heterocycles. The van der Waals surface area contributed by atoms with E-state index in [1.165, 1.54) is 89.9 Å². The number of rotatable bonds is 44. The molecule has 0 heterocycles. The molecule has 3 atom stereocenters. The van der Waals surface area contributed by atoms with E-state index in [0.717, 1.165) is 96.3 Å². The van der Waals surface area contributed by atoms with Crippen LogP contribution in [0.3, 0.4) is 0 Å². The quantitative estimate of drug-likeness (QED) is 0.0323. The fraction of sp³-hybridized carbons (Fsp3) is 0.741. The molecule has 1 amide bonds. The summed E-state index contributed by atoms with van der Waals surface area (Å²) in [5, 5.41) is 23.7. The Balaban J connectivity index is 4.62. The number of nitrogens with one attached hydrogen (secondary N) is 1. The van der Waals surface area contributed by atoms with Crippen molar-refractivity contribution in [3.8, 4) is 0 Å². The number of amides is 1. The lowest BCUT2D eigenvalue weighted by Crippen LogP contribution is -2.46. The SMILES string of the molecule is CC/C=C\C/C=C\C/C=C\C/C=C\C/C=C\CCCCCC(=O)OC(CCC/C=C\CCCCCCCC)CC(=O)NC(CO)C(O)CCCCCCCCCCCCC. The molecule has 0 aliphatic rings. The first-order valence-corrected chi connectivity index (χ1v) is 25.2. The van der Waals surface area contributed by atoms with Crippen molar-refractivity contribution in [3.05, 3.63) is 72.9 Å². The number of unbranched alkanes of at least 4 members (excludes halogenated alkanes) is 20. The van der Waals surface area contributed by atoms with E-state index in [2.05, 4.69) is 99.0 Å². The van der Waals surface area contributed by atoms with E-state index in [0.29, 0.717) is 19.3 Å². The third-order valence-electron chi connectivity index (χ3n) is 11.0. The van der Waals surface area contributed by atoms with E-state index >= 15 is 0 Å². The van der Waals surface area contributed by atoms with Crippen LogP contribution in [0.2, 0.25) is 0 Å². The summed E-state index contributed by atoms with van der Waals surface area (Å²) in [5.74, 6) is -0.544. The molecule has 0 aromatic carbocycles. The Morgan fingerprint density at radius 3 is 1.42 bits per heavy atom. The van der Waals surface area contributed by atoms with Gasteiger partial charge in [0, 0.05) is 6.42 Å². The van der Waals surface area contributed by atoms with Gasteiger partial charge >= 0.3 is 5.97 Å². The van der Waals surface area contributed by atoms with E-state index < -0.39 is 18.2 Å². The predicted molar refractivity (Wildman–Crippen MR) is 259 cm³/mol. The Bertz CT molecular complexity index is 1120. The number of aliphatic hydroxyl groups is 2. The van der Waals surface area contributed by atoms with Crippen molar-refractivity contribution < 1.29 is 24.5 Å². The highest BCUT2D eigenvalue weighted by Crippen LogP contribution is 2.16. The van der Waals surface area contributed by atoms with Gasteiger partial charge in [0.2, 0.25) is 5.91 Å². The number of aliphatic hydroxyl groups excluding tert-OH is 2. The van der Waals surface area contributed by atoms with E-state index in [4.69, 9.17) is 4.74 Å². The molecule has 0 aliphatic heterocycles. The molecule has 3 unspecified atom stereocenters. The molecular formula is C54H95NO5. The average Bonchev–Trinajstić information content (AvgIpc) is 3.24. The first-order valence-electron chi connectivity index (χ1n) is 25.2. The average molecular weight is 838 g/mol. The standard InChI is InChI=1S/C54H95NO5/c1-4-7-10-13-16-19-22-23-24-25-26-27-28-29-32-35-38-41-44-47-54(59)60-50(45-42-39-36-33-30-20-17-14-11-8-5-2)48-53(58)55-51(49-56)52(57)46-43-40-37-34-31-21-18-15-12-9-6-3/h7,10,16,19,23-24,26-27,29,32-33,36,50-52,56-57H,4-6,8-9,11-15,17-18,20-22,25,28,30-31,34-35,37-49H2,1-3H3,(H,55,58)/b10-7-,19-16-,24-23-,27-26-,32-29-,36-33-. The number of hydrogen-bond acceptors (Lipinski definition) is 5. The minimum absolute atomic E-state index is 0.0406. The molecule has 0 bridgehead atoms. The number of carbonyl (C=O) groups is 2. The molecule has 0 spiro atoms. The topological polar surface area (TPSA) is 95.9 Å². The number of ether oxygens (including phenoxy) is 1. The van der Waals surface area contributed by atoms with Gasteiger partial charge in [-0.05, 0) is 89.9 Å². The molecule has 346 valence electrons. The zero-order chi connectivity index (χ0) is 43.8. The first-order chi connectivity index (χ1) is 29.5. The highest BCUT2D eigenvalue weighted by atomic mass is 16.5. The van der Waals surface area contributed by atoms with Crippen LogP contribution in [0.25, 0.3) is 0 Å². The van der Waals surface area contributed by atoms with Crippen LogP contribution < -0.4 is 5.32 Å². The fourth-order valence-electron chi connectivity index (χ4n) is 7.22. The summed E-state index contributed by atoms with van der Waals surface area (Å²) in [4.78, 5) is 26.1. The number of esters is 1. The second kappa shape index (κ2) is 47.4. The second-order valence-electron chi connectivity index (χ2n) is 16.8. The molecule has 0 aliphatic carbocycles. The maximum atomic E-state index is 13.2. The monoisotopic (exact) mass is 838 g/mol. The van der Waals surface area contributed by atoms with Crippen molar-refractivity contribution in [2.75, 3.05) is 6.61 Å². The van der Waals surface area contributed by atoms with Gasteiger partial charge in [-0.1, -0.05) is 203 Å². The zero-order valence-electron chi connectivity index (χ0n) is 39.3. The molecule has 3 N–H and O–H groups in total. The summed E-state index contributed by atoms with van der Waals surface area (Å²) in [5.41, 5.74) is 0. The molecule has 0 saturated heterocycles. The third-order valence-corrected chi connectivity index (χ3v) is 11.0. The van der Waals surface area contributed by atoms with Gasteiger partial charge in [-0.3, -0.25) is 9.59 Å². The van der Waals surface area contributed by atoms with Gasteiger partial charge < -0.3 is 20.3 Å². The highest BCUT2D eigenvalue weighted by molar-refractivity contribution is 5.77. The lowest BCUT2D eigenvalue weighted by atomic mass is 10.0. The highest BCUT2D eigenvalue weighted by Gasteiger charge is 2.24. The minimum Gasteiger partial charge on any atom is -0.462 e. The van der Waals surface area contributed by atoms with Gasteiger partial charge in [0.25, 0.3) is 0 Å². The summed E-state index contributed by atoms with van der Waals surface area (Å²) in [6.45, 7) is 6.33. The molecule has 6 heteroatoms. The molecule has 6 nitrogen and oxygen atoms in total. The van der Waals surface area contributed by atoms with Gasteiger partial charge in [0.05, 0.1) is 25.2 Å². The maximum Gasteiger partial charge on any atom is 0.306 e. The van der Waals surface area contributed by atoms with E-state index in [-0.39, 0.29) is 24.9 Å². The molecule has 0 fully saturated rings. The van der Waals surface area contributed by atoms with E-state index in [1.807, 2.05) is 0 Å². The molecule has 0 aromatic rings. The van der Waals surface area contributed by atoms with Crippen LogP contribution in [0.1, 0.15) is 233 Å². The van der Waals surface area contributed by atoms with Crippen LogP contribution in [-0.2, 0) is 14.3 Å². The Labute approximate surface area is 371 Å². The largest absolute Gasteiger partial charge is 0.462 e. The minimum atomic E-state index is -0.801. The maximum absolute atomic E-state index is 13.2. The smallest absolute Gasteiger partial charge is 0.306 e. The lowest BCUT2D eigenvalue weighted by molar-refractivity contribution is -0.151. The molecule has 60 heavy (non-hydrogen) atoms. The summed E-state index contributed by atoms with van der Waals surface area (Å²) in [6.07, 6.45) is 59.6. The van der Waals surface area contributed by atoms with Crippen molar-refractivity contribution in [1.29, 1.82) is 0 Å². The van der Waals surface area contributed by atoms with Gasteiger partial charge in [0.15, 0.2) is 0 Å². The second-order valence-corrected chi connectivity index (χ2v) is 16.8. The van der Waals surface area contributed by atoms with Crippen molar-refractivity contribution in [2.45, 2.75) is 251 Å². The molecule has 0 saturated carbocycles. The van der Waals surface area contributed by atoms with Crippen molar-refractivity contribution in [1.82, 2.24) is 5.32 Å². The van der Waals surface area contributed by atoms with Gasteiger partial charge in [0.1, 0.15) is 6.10 Å². The number of carbonyl (C=O) groups excluding carboxylic acids is 2. The molecular weight excluding hydrogens is 743 g/mol. The van der Waals surface area contributed by atoms with Gasteiger partial charge in [-0.15, -0.1) is 0 Å². The van der Waals surface area contributed by atoms with Gasteiger partial charge in [-0.25, -0.2) is 0 Å². The summed E-state index contributed by atoms with van der Waals surface area (Å²) >= 11 is 0.